The molecule has 88 heavy (non-hydrogen) atoms. The van der Waals surface area contributed by atoms with Crippen molar-refractivity contribution in [3.8, 4) is 0 Å². The summed E-state index contributed by atoms with van der Waals surface area (Å²) in [6.45, 7) is 2.93. The van der Waals surface area contributed by atoms with Gasteiger partial charge in [0.15, 0.2) is 0 Å². The van der Waals surface area contributed by atoms with Gasteiger partial charge in [-0.3, -0.25) is 43.2 Å². The molecular formula is C68H92N10O9S. The molecule has 2 fully saturated rings. The number of rotatable bonds is 19. The molecule has 0 aromatic heterocycles. The number of unbranched alkanes of at least 4 members (excludes halogenated alkanes) is 1. The Bertz CT molecular complexity index is 2910. The quantitative estimate of drug-likeness (QED) is 0.0499. The molecule has 2 aliphatic carbocycles. The molecule has 2 unspecified atom stereocenters. The maximum Gasteiger partial charge on any atom is 0.251 e. The van der Waals surface area contributed by atoms with Gasteiger partial charge >= 0.3 is 0 Å². The Morgan fingerprint density at radius 2 is 1.05 bits per heavy atom. The monoisotopic (exact) mass is 1220 g/mol. The lowest BCUT2D eigenvalue weighted by molar-refractivity contribution is -0.139. The molecule has 20 heteroatoms. The van der Waals surface area contributed by atoms with Crippen molar-refractivity contribution in [1.29, 1.82) is 0 Å². The van der Waals surface area contributed by atoms with E-state index in [0.29, 0.717) is 62.1 Å². The molecule has 474 valence electrons. The van der Waals surface area contributed by atoms with E-state index in [2.05, 4.69) is 21.3 Å². The number of hydrogen-bond acceptors (Lipinski definition) is 11. The van der Waals surface area contributed by atoms with Gasteiger partial charge in [-0.25, -0.2) is 0 Å². The van der Waals surface area contributed by atoms with Crippen molar-refractivity contribution in [3.63, 3.8) is 0 Å². The first-order chi connectivity index (χ1) is 42.4. The third-order valence-corrected chi connectivity index (χ3v) is 17.1. The van der Waals surface area contributed by atoms with Crippen LogP contribution in [0.2, 0.25) is 0 Å². The van der Waals surface area contributed by atoms with Crippen molar-refractivity contribution in [2.45, 2.75) is 140 Å². The molecule has 4 atom stereocenters. The molecule has 9 amide bonds. The van der Waals surface area contributed by atoms with Gasteiger partial charge in [0.1, 0.15) is 0 Å². The summed E-state index contributed by atoms with van der Waals surface area (Å²) < 4.78 is 0. The highest BCUT2D eigenvalue weighted by Crippen LogP contribution is 2.34. The van der Waals surface area contributed by atoms with Crippen LogP contribution in [0, 0.1) is 17.8 Å². The van der Waals surface area contributed by atoms with E-state index in [1.165, 1.54) is 31.4 Å². The highest BCUT2D eigenvalue weighted by molar-refractivity contribution is 7.98. The first kappa shape index (κ1) is 67.9. The summed E-state index contributed by atoms with van der Waals surface area (Å²) in [5.74, 6) is -2.26. The van der Waals surface area contributed by atoms with Gasteiger partial charge < -0.3 is 52.3 Å². The van der Waals surface area contributed by atoms with E-state index < -0.39 is 54.3 Å². The molecule has 2 saturated carbocycles. The number of carbonyl (C=O) groups excluding carboxylic acids is 9. The van der Waals surface area contributed by atoms with Crippen LogP contribution in [-0.4, -0.2) is 162 Å². The average molecular weight is 1230 g/mol. The Morgan fingerprint density at radius 3 is 1.56 bits per heavy atom. The zero-order valence-electron chi connectivity index (χ0n) is 51.4. The first-order valence-electron chi connectivity index (χ1n) is 31.5. The van der Waals surface area contributed by atoms with E-state index in [1.807, 2.05) is 117 Å². The largest absolute Gasteiger partial charge is 0.368 e. The molecule has 4 aromatic rings. The van der Waals surface area contributed by atoms with Crippen LogP contribution in [0.3, 0.4) is 0 Å². The fraction of sp³-hybridized carbons (Fsp3) is 0.515. The highest BCUT2D eigenvalue weighted by Gasteiger charge is 2.34. The van der Waals surface area contributed by atoms with Gasteiger partial charge in [0.25, 0.3) is 5.91 Å². The number of amides is 9. The summed E-state index contributed by atoms with van der Waals surface area (Å²) in [4.78, 5) is 134. The van der Waals surface area contributed by atoms with Crippen LogP contribution in [-0.2, 0) is 63.4 Å². The number of nitrogens with one attached hydrogen (secondary N) is 4. The maximum absolute atomic E-state index is 14.6. The summed E-state index contributed by atoms with van der Waals surface area (Å²) in [6, 6.07) is 33.1. The second-order valence-corrected chi connectivity index (χ2v) is 25.7. The number of hydrogen-bond donors (Lipinski definition) is 6. The first-order valence-corrected chi connectivity index (χ1v) is 32.7. The van der Waals surface area contributed by atoms with E-state index in [0.717, 1.165) is 47.9 Å². The van der Waals surface area contributed by atoms with Crippen LogP contribution >= 0.6 is 11.8 Å². The number of thioether (sulfide) groups is 1. The minimum absolute atomic E-state index is 0.0117. The molecular weight excluding hydrogens is 1130 g/mol. The Labute approximate surface area is 523 Å². The minimum atomic E-state index is -0.723. The number of carbonyl (C=O) groups is 9. The Morgan fingerprint density at radius 1 is 0.568 bits per heavy atom. The van der Waals surface area contributed by atoms with E-state index in [9.17, 15) is 43.2 Å². The molecule has 2 aliphatic heterocycles. The molecule has 2 bridgehead atoms. The third-order valence-electron chi connectivity index (χ3n) is 16.1. The summed E-state index contributed by atoms with van der Waals surface area (Å²) in [7, 11) is 0. The van der Waals surface area contributed by atoms with Gasteiger partial charge in [-0.05, 0) is 123 Å². The van der Waals surface area contributed by atoms with Crippen LogP contribution < -0.4 is 32.7 Å². The smallest absolute Gasteiger partial charge is 0.251 e. The van der Waals surface area contributed by atoms with Crippen molar-refractivity contribution in [1.82, 2.24) is 40.9 Å². The molecule has 2 heterocycles. The number of nitrogens with two attached hydrogens (primary N) is 2. The SMILES string of the molecule is CC(C)C[C@H]1CN(C(=O)CC2CC2)CC(=O)N[C@@H](CCCCN)CN(C(=O)CCc2ccccc2)CC(=O)NC(Cc2ccccc2)CN(CC(N)=O)C(=O)CCSCc2ccc(cc2)C(=O)NC(Cc2ccccc2)CN(C(=O)CC2CC2)CC(=O)N1. The topological polar surface area (TPSA) is 267 Å². The molecule has 19 nitrogen and oxygen atoms in total. The second-order valence-electron chi connectivity index (χ2n) is 24.6. The number of aryl methyl sites for hydroxylation is 1. The van der Waals surface area contributed by atoms with Gasteiger partial charge in [-0.2, -0.15) is 11.8 Å². The fourth-order valence-electron chi connectivity index (χ4n) is 11.2. The fourth-order valence-corrected chi connectivity index (χ4v) is 12.1. The summed E-state index contributed by atoms with van der Waals surface area (Å²) in [6.07, 6.45) is 7.33. The van der Waals surface area contributed by atoms with E-state index >= 15 is 0 Å². The molecule has 8 N–H and O–H groups in total. The maximum atomic E-state index is 14.6. The zero-order valence-corrected chi connectivity index (χ0v) is 52.2. The van der Waals surface area contributed by atoms with Crippen molar-refractivity contribution >= 4 is 64.9 Å². The lowest BCUT2D eigenvalue weighted by Crippen LogP contribution is -2.55. The van der Waals surface area contributed by atoms with Crippen LogP contribution in [0.5, 0.6) is 0 Å². The Hall–Kier alpha value is -7.58. The summed E-state index contributed by atoms with van der Waals surface area (Å²) >= 11 is 1.50. The van der Waals surface area contributed by atoms with Crippen LogP contribution in [0.4, 0.5) is 0 Å². The van der Waals surface area contributed by atoms with E-state index in [-0.39, 0.29) is 125 Å². The standard InChI is InChI=1S/C68H92N10O9S/c1-48(2)34-57-40-77(66(85)37-52-21-22-52)45-61(80)71-56(20-12-13-32-69)39-76(64(83)30-27-49-14-6-3-7-15-49)44-62(81)73-58(35-50-16-8-4-9-17-50)41-75(43-60(70)79)65(84)31-33-88-47-54-25-28-55(29-26-54)68(87)74-59(36-51-18-10-5-11-19-51)42-78(46-63(82)72-57)67(86)38-53-23-24-53/h3-11,14-19,25-26,28-29,48,52-53,56-59H,12-13,20-24,27,30-47,69H2,1-2H3,(H2,70,79)(H,71,80)(H,72,82)(H,73,81)(H,74,87)/t56-,57-,58?,59?/m0/s1. The van der Waals surface area contributed by atoms with Crippen molar-refractivity contribution in [2.24, 2.45) is 29.2 Å². The Balaban J connectivity index is 1.21. The minimum Gasteiger partial charge on any atom is -0.368 e. The molecule has 4 aromatic carbocycles. The lowest BCUT2D eigenvalue weighted by Gasteiger charge is -2.32. The predicted octanol–water partition coefficient (Wildman–Crippen LogP) is 5.57. The van der Waals surface area contributed by atoms with Crippen molar-refractivity contribution in [2.75, 3.05) is 64.7 Å². The van der Waals surface area contributed by atoms with Gasteiger partial charge in [-0.15, -0.1) is 0 Å². The van der Waals surface area contributed by atoms with Crippen molar-refractivity contribution < 1.29 is 43.2 Å². The Kier molecular flexibility index (Phi) is 27.3. The van der Waals surface area contributed by atoms with Crippen LogP contribution in [0.15, 0.2) is 115 Å². The number of fused-ring (bicyclic) bond motifs is 29. The normalized spacial score (nSPS) is 20.5. The average Bonchev–Trinajstić information content (AvgIpc) is 4.41. The number of benzene rings is 4. The van der Waals surface area contributed by atoms with Gasteiger partial charge in [0.2, 0.25) is 47.3 Å². The summed E-state index contributed by atoms with van der Waals surface area (Å²) in [5, 5.41) is 12.6. The van der Waals surface area contributed by atoms with Gasteiger partial charge in [-0.1, -0.05) is 123 Å². The zero-order chi connectivity index (χ0) is 62.8. The highest BCUT2D eigenvalue weighted by atomic mass is 32.2. The number of nitrogens with zero attached hydrogens (tertiary/aromatic N) is 4. The van der Waals surface area contributed by atoms with Crippen molar-refractivity contribution in [3.05, 3.63) is 143 Å². The predicted molar refractivity (Wildman–Crippen MR) is 342 cm³/mol. The van der Waals surface area contributed by atoms with Crippen LogP contribution in [0.1, 0.15) is 124 Å². The third kappa shape index (κ3) is 24.9. The molecule has 8 rings (SSSR count). The van der Waals surface area contributed by atoms with Gasteiger partial charge in [0, 0.05) is 81.0 Å². The molecule has 4 aliphatic rings. The summed E-state index contributed by atoms with van der Waals surface area (Å²) in [5.41, 5.74) is 15.8. The molecule has 0 spiro atoms. The molecule has 0 saturated heterocycles. The van der Waals surface area contributed by atoms with E-state index in [1.54, 1.807) is 12.1 Å². The lowest BCUT2D eigenvalue weighted by atomic mass is 10.0. The van der Waals surface area contributed by atoms with E-state index in [4.69, 9.17) is 11.5 Å². The molecule has 0 radical (unpaired) electrons. The number of primary amides is 1. The van der Waals surface area contributed by atoms with Crippen LogP contribution in [0.25, 0.3) is 0 Å². The van der Waals surface area contributed by atoms with Gasteiger partial charge in [0.05, 0.1) is 38.3 Å². The second kappa shape index (κ2) is 35.4.